The zero-order chi connectivity index (χ0) is 10.7. The highest BCUT2D eigenvalue weighted by Crippen LogP contribution is 2.18. The van der Waals surface area contributed by atoms with E-state index in [4.69, 9.17) is 10.5 Å². The maximum atomic E-state index is 11.5. The second kappa shape index (κ2) is 4.77. The zero-order valence-corrected chi connectivity index (χ0v) is 8.64. The molecule has 1 aliphatic rings. The number of esters is 1. The molecule has 1 heterocycles. The number of nitrogens with two attached hydrogens (primary N) is 1. The van der Waals surface area contributed by atoms with E-state index in [2.05, 4.69) is 0 Å². The standard InChI is InChI=1S/C8H17BN2O3/c1-3-14-8(12)7-4-6(10)5-11(7)9(2)13/h6-7,13H,3-5,10H2,1-2H3/t6-,7-/m0/s1. The Morgan fingerprint density at radius 3 is 2.93 bits per heavy atom. The third-order valence-electron chi connectivity index (χ3n) is 2.41. The number of carbonyl (C=O) groups excluding carboxylic acids is 1. The van der Waals surface area contributed by atoms with Crippen LogP contribution in [0, 0.1) is 0 Å². The maximum Gasteiger partial charge on any atom is 0.377 e. The fourth-order valence-electron chi connectivity index (χ4n) is 1.78. The molecule has 0 aromatic rings. The minimum atomic E-state index is -0.655. The van der Waals surface area contributed by atoms with Gasteiger partial charge in [-0.1, -0.05) is 0 Å². The lowest BCUT2D eigenvalue weighted by molar-refractivity contribution is -0.147. The van der Waals surface area contributed by atoms with Crippen LogP contribution in [0.4, 0.5) is 0 Å². The van der Waals surface area contributed by atoms with Gasteiger partial charge in [-0.25, -0.2) is 0 Å². The molecule has 5 nitrogen and oxygen atoms in total. The molecule has 0 aromatic heterocycles. The molecule has 1 aliphatic heterocycles. The Labute approximate surface area is 84.3 Å². The molecule has 0 unspecified atom stereocenters. The molecule has 0 spiro atoms. The SMILES string of the molecule is CCOC(=O)[C@@H]1C[C@H](N)CN1B(C)O. The lowest BCUT2D eigenvalue weighted by atomic mass is 9.84. The van der Waals surface area contributed by atoms with Crippen LogP contribution in [0.25, 0.3) is 0 Å². The van der Waals surface area contributed by atoms with E-state index in [0.29, 0.717) is 19.6 Å². The lowest BCUT2D eigenvalue weighted by Gasteiger charge is -2.22. The van der Waals surface area contributed by atoms with Gasteiger partial charge in [0.25, 0.3) is 0 Å². The molecule has 1 fully saturated rings. The predicted octanol–water partition coefficient (Wildman–Crippen LogP) is -0.939. The summed E-state index contributed by atoms with van der Waals surface area (Å²) in [5, 5.41) is 9.42. The number of ether oxygens (including phenoxy) is 1. The summed E-state index contributed by atoms with van der Waals surface area (Å²) in [5.41, 5.74) is 5.73. The highest BCUT2D eigenvalue weighted by molar-refractivity contribution is 6.45. The van der Waals surface area contributed by atoms with Gasteiger partial charge in [-0.15, -0.1) is 0 Å². The summed E-state index contributed by atoms with van der Waals surface area (Å²) in [6, 6.07) is -0.441. The van der Waals surface area contributed by atoms with Crippen LogP contribution in [-0.2, 0) is 9.53 Å². The summed E-state index contributed by atoms with van der Waals surface area (Å²) in [7, 11) is -0.655. The number of carbonyl (C=O) groups is 1. The summed E-state index contributed by atoms with van der Waals surface area (Å²) in [5.74, 6) is -0.290. The summed E-state index contributed by atoms with van der Waals surface area (Å²) >= 11 is 0. The molecule has 0 radical (unpaired) electrons. The van der Waals surface area contributed by atoms with Crippen LogP contribution in [0.2, 0.25) is 6.82 Å². The van der Waals surface area contributed by atoms with E-state index in [0.717, 1.165) is 0 Å². The highest BCUT2D eigenvalue weighted by Gasteiger charge is 2.39. The number of nitrogens with zero attached hydrogens (tertiary/aromatic N) is 1. The third-order valence-corrected chi connectivity index (χ3v) is 2.41. The van der Waals surface area contributed by atoms with E-state index in [1.807, 2.05) is 0 Å². The van der Waals surface area contributed by atoms with Gasteiger partial charge < -0.3 is 20.3 Å². The van der Waals surface area contributed by atoms with Gasteiger partial charge in [0.05, 0.1) is 6.61 Å². The van der Waals surface area contributed by atoms with Crippen molar-refractivity contribution < 1.29 is 14.6 Å². The van der Waals surface area contributed by atoms with Crippen molar-refractivity contribution in [3.63, 3.8) is 0 Å². The fraction of sp³-hybridized carbons (Fsp3) is 0.875. The highest BCUT2D eigenvalue weighted by atomic mass is 16.5. The van der Waals surface area contributed by atoms with E-state index in [9.17, 15) is 9.82 Å². The van der Waals surface area contributed by atoms with Crippen molar-refractivity contribution in [2.45, 2.75) is 32.3 Å². The maximum absolute atomic E-state index is 11.5. The van der Waals surface area contributed by atoms with Crippen molar-refractivity contribution >= 4 is 13.0 Å². The first-order valence-corrected chi connectivity index (χ1v) is 4.92. The van der Waals surface area contributed by atoms with Gasteiger partial charge in [-0.2, -0.15) is 0 Å². The first kappa shape index (κ1) is 11.5. The van der Waals surface area contributed by atoms with E-state index >= 15 is 0 Å². The van der Waals surface area contributed by atoms with Gasteiger partial charge in [0.15, 0.2) is 0 Å². The van der Waals surface area contributed by atoms with E-state index in [1.165, 1.54) is 0 Å². The molecule has 0 aliphatic carbocycles. The Morgan fingerprint density at radius 1 is 1.79 bits per heavy atom. The predicted molar refractivity (Wildman–Crippen MR) is 53.6 cm³/mol. The van der Waals surface area contributed by atoms with Crippen molar-refractivity contribution in [2.75, 3.05) is 13.2 Å². The topological polar surface area (TPSA) is 75.8 Å². The van der Waals surface area contributed by atoms with Crippen molar-refractivity contribution in [3.8, 4) is 0 Å². The van der Waals surface area contributed by atoms with Gasteiger partial charge in [0.2, 0.25) is 0 Å². The normalized spacial score (nSPS) is 27.7. The summed E-state index contributed by atoms with van der Waals surface area (Å²) in [6.07, 6.45) is 0.559. The second-order valence-electron chi connectivity index (χ2n) is 3.59. The average molecular weight is 200 g/mol. The van der Waals surface area contributed by atoms with E-state index in [-0.39, 0.29) is 18.1 Å². The van der Waals surface area contributed by atoms with Crippen LogP contribution < -0.4 is 5.73 Å². The molecule has 0 aromatic carbocycles. The van der Waals surface area contributed by atoms with Gasteiger partial charge in [0, 0.05) is 12.6 Å². The molecule has 2 atom stereocenters. The van der Waals surface area contributed by atoms with Crippen LogP contribution in [-0.4, -0.2) is 48.1 Å². The van der Waals surface area contributed by atoms with Crippen LogP contribution in [0.3, 0.4) is 0 Å². The summed E-state index contributed by atoms with van der Waals surface area (Å²) in [6.45, 7) is 4.29. The average Bonchev–Trinajstić information content (AvgIpc) is 2.48. The Kier molecular flexibility index (Phi) is 3.91. The molecule has 1 rings (SSSR count). The number of rotatable bonds is 3. The Morgan fingerprint density at radius 2 is 2.43 bits per heavy atom. The van der Waals surface area contributed by atoms with Crippen LogP contribution in [0.1, 0.15) is 13.3 Å². The Hall–Kier alpha value is -0.585. The number of hydrogen-bond acceptors (Lipinski definition) is 5. The van der Waals surface area contributed by atoms with Crippen molar-refractivity contribution in [3.05, 3.63) is 0 Å². The number of hydrogen-bond donors (Lipinski definition) is 2. The van der Waals surface area contributed by atoms with Crippen molar-refractivity contribution in [1.82, 2.24) is 4.81 Å². The smallest absolute Gasteiger partial charge is 0.377 e. The van der Waals surface area contributed by atoms with Crippen LogP contribution in [0.15, 0.2) is 0 Å². The first-order valence-electron chi connectivity index (χ1n) is 4.92. The molecule has 0 saturated carbocycles. The minimum Gasteiger partial charge on any atom is -0.465 e. The fourth-order valence-corrected chi connectivity index (χ4v) is 1.78. The van der Waals surface area contributed by atoms with Gasteiger partial charge in [-0.05, 0) is 20.2 Å². The van der Waals surface area contributed by atoms with E-state index < -0.39 is 7.05 Å². The van der Waals surface area contributed by atoms with Gasteiger partial charge in [0.1, 0.15) is 6.04 Å². The minimum absolute atomic E-state index is 0.0565. The van der Waals surface area contributed by atoms with Gasteiger partial charge in [-0.3, -0.25) is 4.79 Å². The Bertz CT molecular complexity index is 213. The zero-order valence-electron chi connectivity index (χ0n) is 8.64. The lowest BCUT2D eigenvalue weighted by Crippen LogP contribution is -2.45. The molecule has 80 valence electrons. The molecular formula is C8H17BN2O3. The second-order valence-corrected chi connectivity index (χ2v) is 3.59. The molecule has 0 amide bonds. The van der Waals surface area contributed by atoms with Crippen molar-refractivity contribution in [2.24, 2.45) is 5.73 Å². The quantitative estimate of drug-likeness (QED) is 0.454. The largest absolute Gasteiger partial charge is 0.465 e. The monoisotopic (exact) mass is 200 g/mol. The van der Waals surface area contributed by atoms with Crippen LogP contribution in [0.5, 0.6) is 0 Å². The molecular weight excluding hydrogens is 183 g/mol. The van der Waals surface area contributed by atoms with Crippen LogP contribution >= 0.6 is 0 Å². The molecule has 0 bridgehead atoms. The molecule has 1 saturated heterocycles. The van der Waals surface area contributed by atoms with Crippen molar-refractivity contribution in [1.29, 1.82) is 0 Å². The summed E-state index contributed by atoms with van der Waals surface area (Å²) < 4.78 is 4.91. The third kappa shape index (κ3) is 2.46. The molecule has 6 heteroatoms. The molecule has 3 N–H and O–H groups in total. The summed E-state index contributed by atoms with van der Waals surface area (Å²) in [4.78, 5) is 13.1. The first-order chi connectivity index (χ1) is 6.56. The Balaban J connectivity index is 2.61. The van der Waals surface area contributed by atoms with E-state index in [1.54, 1.807) is 18.6 Å². The van der Waals surface area contributed by atoms with Gasteiger partial charge >= 0.3 is 13.0 Å². The molecule has 14 heavy (non-hydrogen) atoms.